The summed E-state index contributed by atoms with van der Waals surface area (Å²) >= 11 is 0. The van der Waals surface area contributed by atoms with E-state index in [1.807, 2.05) is 55.1 Å². The number of nitrogens with one attached hydrogen (secondary N) is 1. The van der Waals surface area contributed by atoms with Gasteiger partial charge in [0, 0.05) is 11.6 Å². The molecule has 0 bridgehead atoms. The van der Waals surface area contributed by atoms with E-state index in [9.17, 15) is 9.59 Å². The normalized spacial score (nSPS) is 20.9. The minimum absolute atomic E-state index is 0.00232. The highest BCUT2D eigenvalue weighted by molar-refractivity contribution is 6.02. The number of rotatable bonds is 4. The van der Waals surface area contributed by atoms with Crippen molar-refractivity contribution < 1.29 is 14.0 Å². The molecule has 1 N–H and O–H groups in total. The predicted molar refractivity (Wildman–Crippen MR) is 102 cm³/mol. The Morgan fingerprint density at radius 2 is 1.96 bits per heavy atom. The van der Waals surface area contributed by atoms with Gasteiger partial charge in [-0.1, -0.05) is 31.0 Å². The Morgan fingerprint density at radius 3 is 2.63 bits per heavy atom. The standard InChI is InChI=1S/C22H26N2O3/c1-15(2)23-20(25)19-17-9-3-4-10-18(17)21(26)24(14-16-8-7-13-27-16)22(19)11-5-6-12-22/h3-4,7-10,13,15,19H,5-6,11-12,14H2,1-2H3,(H,23,25)/t19-/m0/s1. The number of hydrogen-bond donors (Lipinski definition) is 1. The maximum atomic E-state index is 13.4. The van der Waals surface area contributed by atoms with E-state index in [2.05, 4.69) is 5.32 Å². The molecule has 1 fully saturated rings. The molecular formula is C22H26N2O3. The first-order chi connectivity index (χ1) is 13.0. The molecule has 1 aromatic heterocycles. The van der Waals surface area contributed by atoms with Crippen molar-refractivity contribution in [1.82, 2.24) is 10.2 Å². The molecule has 2 heterocycles. The smallest absolute Gasteiger partial charge is 0.255 e. The van der Waals surface area contributed by atoms with Crippen LogP contribution in [0.3, 0.4) is 0 Å². The van der Waals surface area contributed by atoms with E-state index in [0.29, 0.717) is 12.1 Å². The molecule has 5 heteroatoms. The molecule has 0 radical (unpaired) electrons. The number of amides is 2. The molecule has 5 nitrogen and oxygen atoms in total. The van der Waals surface area contributed by atoms with E-state index in [1.165, 1.54) is 0 Å². The number of nitrogens with zero attached hydrogens (tertiary/aromatic N) is 1. The molecule has 27 heavy (non-hydrogen) atoms. The van der Waals surface area contributed by atoms with E-state index in [0.717, 1.165) is 37.0 Å². The van der Waals surface area contributed by atoms with Crippen LogP contribution in [0.5, 0.6) is 0 Å². The van der Waals surface area contributed by atoms with E-state index in [-0.39, 0.29) is 23.8 Å². The Kier molecular flexibility index (Phi) is 4.54. The number of fused-ring (bicyclic) bond motifs is 1. The molecule has 2 amide bonds. The summed E-state index contributed by atoms with van der Waals surface area (Å²) in [6, 6.07) is 11.4. The summed E-state index contributed by atoms with van der Waals surface area (Å²) in [7, 11) is 0. The first-order valence-electron chi connectivity index (χ1n) is 9.76. The molecule has 4 rings (SSSR count). The molecule has 0 unspecified atom stereocenters. The second-order valence-electron chi connectivity index (χ2n) is 7.96. The molecule has 1 aromatic carbocycles. The first-order valence-corrected chi connectivity index (χ1v) is 9.76. The third kappa shape index (κ3) is 2.95. The molecule has 1 aliphatic heterocycles. The Labute approximate surface area is 159 Å². The molecule has 1 atom stereocenters. The van der Waals surface area contributed by atoms with E-state index in [4.69, 9.17) is 4.42 Å². The summed E-state index contributed by atoms with van der Waals surface area (Å²) in [6.07, 6.45) is 5.35. The lowest BCUT2D eigenvalue weighted by molar-refractivity contribution is -0.127. The zero-order valence-corrected chi connectivity index (χ0v) is 15.9. The molecule has 1 spiro atoms. The second kappa shape index (κ2) is 6.87. The third-order valence-electron chi connectivity index (χ3n) is 5.88. The topological polar surface area (TPSA) is 62.6 Å². The SMILES string of the molecule is CC(C)NC(=O)[C@@H]1c2ccccc2C(=O)N(Cc2ccco2)C12CCCC2. The van der Waals surface area contributed by atoms with E-state index >= 15 is 0 Å². The van der Waals surface area contributed by atoms with Gasteiger partial charge in [-0.2, -0.15) is 0 Å². The van der Waals surface area contributed by atoms with Crippen molar-refractivity contribution in [2.75, 3.05) is 0 Å². The molecular weight excluding hydrogens is 340 g/mol. The van der Waals surface area contributed by atoms with Gasteiger partial charge < -0.3 is 14.6 Å². The van der Waals surface area contributed by atoms with Crippen LogP contribution in [0.2, 0.25) is 0 Å². The summed E-state index contributed by atoms with van der Waals surface area (Å²) in [4.78, 5) is 28.7. The van der Waals surface area contributed by atoms with Crippen molar-refractivity contribution >= 4 is 11.8 Å². The maximum absolute atomic E-state index is 13.4. The average Bonchev–Trinajstić information content (AvgIpc) is 3.31. The van der Waals surface area contributed by atoms with Crippen molar-refractivity contribution in [3.8, 4) is 0 Å². The maximum Gasteiger partial charge on any atom is 0.255 e. The average molecular weight is 366 g/mol. The van der Waals surface area contributed by atoms with Crippen molar-refractivity contribution in [3.63, 3.8) is 0 Å². The summed E-state index contributed by atoms with van der Waals surface area (Å²) in [6.45, 7) is 4.34. The van der Waals surface area contributed by atoms with Crippen molar-refractivity contribution in [2.24, 2.45) is 0 Å². The van der Waals surface area contributed by atoms with Crippen molar-refractivity contribution in [1.29, 1.82) is 0 Å². The summed E-state index contributed by atoms with van der Waals surface area (Å²) < 4.78 is 5.54. The van der Waals surface area contributed by atoms with Gasteiger partial charge in [-0.15, -0.1) is 0 Å². The fourth-order valence-corrected chi connectivity index (χ4v) is 4.82. The molecule has 2 aliphatic rings. The minimum Gasteiger partial charge on any atom is -0.467 e. The summed E-state index contributed by atoms with van der Waals surface area (Å²) in [5.74, 6) is 0.400. The predicted octanol–water partition coefficient (Wildman–Crippen LogP) is 3.86. The second-order valence-corrected chi connectivity index (χ2v) is 7.96. The Bertz CT molecular complexity index is 835. The summed E-state index contributed by atoms with van der Waals surface area (Å²) in [5, 5.41) is 3.10. The van der Waals surface area contributed by atoms with Crippen LogP contribution in [0.15, 0.2) is 47.1 Å². The zero-order valence-electron chi connectivity index (χ0n) is 15.9. The monoisotopic (exact) mass is 366 g/mol. The molecule has 2 aromatic rings. The van der Waals surface area contributed by atoms with Gasteiger partial charge in [0.15, 0.2) is 0 Å². The number of hydrogen-bond acceptors (Lipinski definition) is 3. The highest BCUT2D eigenvalue weighted by Crippen LogP contribution is 2.50. The van der Waals surface area contributed by atoms with E-state index in [1.54, 1.807) is 6.26 Å². The lowest BCUT2D eigenvalue weighted by Crippen LogP contribution is -2.60. The minimum atomic E-state index is -0.489. The van der Waals surface area contributed by atoms with Crippen molar-refractivity contribution in [2.45, 2.75) is 63.6 Å². The Morgan fingerprint density at radius 1 is 1.22 bits per heavy atom. The van der Waals surface area contributed by atoms with Crippen LogP contribution in [0.4, 0.5) is 0 Å². The van der Waals surface area contributed by atoms with Gasteiger partial charge in [-0.05, 0) is 50.5 Å². The lowest BCUT2D eigenvalue weighted by Gasteiger charge is -2.49. The van der Waals surface area contributed by atoms with Gasteiger partial charge in [-0.3, -0.25) is 9.59 Å². The highest BCUT2D eigenvalue weighted by atomic mass is 16.3. The Balaban J connectivity index is 1.85. The number of furan rings is 1. The highest BCUT2D eigenvalue weighted by Gasteiger charge is 2.55. The van der Waals surface area contributed by atoms with E-state index < -0.39 is 5.54 Å². The van der Waals surface area contributed by atoms with Gasteiger partial charge >= 0.3 is 0 Å². The fourth-order valence-electron chi connectivity index (χ4n) is 4.82. The molecule has 1 saturated carbocycles. The Hall–Kier alpha value is -2.56. The van der Waals surface area contributed by atoms with Crippen molar-refractivity contribution in [3.05, 3.63) is 59.5 Å². The third-order valence-corrected chi connectivity index (χ3v) is 5.88. The van der Waals surface area contributed by atoms with Gasteiger partial charge in [0.2, 0.25) is 5.91 Å². The van der Waals surface area contributed by atoms with Crippen LogP contribution in [0.1, 0.15) is 67.1 Å². The largest absolute Gasteiger partial charge is 0.467 e. The van der Waals surface area contributed by atoms with Gasteiger partial charge in [0.25, 0.3) is 5.91 Å². The molecule has 142 valence electrons. The van der Waals surface area contributed by atoms with Crippen LogP contribution in [0.25, 0.3) is 0 Å². The fraction of sp³-hybridized carbons (Fsp3) is 0.455. The molecule has 0 saturated heterocycles. The first kappa shape index (κ1) is 17.8. The number of carbonyl (C=O) groups excluding carboxylic acids is 2. The lowest BCUT2D eigenvalue weighted by atomic mass is 9.71. The van der Waals surface area contributed by atoms with Crippen LogP contribution in [0, 0.1) is 0 Å². The number of carbonyl (C=O) groups is 2. The van der Waals surface area contributed by atoms with Crippen LogP contribution >= 0.6 is 0 Å². The number of benzene rings is 1. The van der Waals surface area contributed by atoms with Gasteiger partial charge in [0.05, 0.1) is 24.3 Å². The van der Waals surface area contributed by atoms with Crippen LogP contribution in [-0.4, -0.2) is 28.3 Å². The van der Waals surface area contributed by atoms with Crippen LogP contribution in [-0.2, 0) is 11.3 Å². The van der Waals surface area contributed by atoms with Crippen LogP contribution < -0.4 is 5.32 Å². The molecule has 1 aliphatic carbocycles. The van der Waals surface area contributed by atoms with Gasteiger partial charge in [-0.25, -0.2) is 0 Å². The van der Waals surface area contributed by atoms with Gasteiger partial charge in [0.1, 0.15) is 5.76 Å². The summed E-state index contributed by atoms with van der Waals surface area (Å²) in [5.41, 5.74) is 1.00. The zero-order chi connectivity index (χ0) is 19.0. The quantitative estimate of drug-likeness (QED) is 0.894.